The molecule has 14 heteroatoms. The molecule has 0 amide bonds. The van der Waals surface area contributed by atoms with E-state index >= 15 is 0 Å². The van der Waals surface area contributed by atoms with Crippen LogP contribution in [-0.4, -0.2) is 110 Å². The molecule has 1 unspecified atom stereocenters. The largest absolute Gasteiger partial charge is 0.395 e. The van der Waals surface area contributed by atoms with E-state index in [4.69, 9.17) is 15.5 Å². The Hall–Kier alpha value is -3.24. The van der Waals surface area contributed by atoms with Crippen molar-refractivity contribution in [1.82, 2.24) is 34.4 Å². The molecule has 1 saturated carbocycles. The zero-order valence-electron chi connectivity index (χ0n) is 25.2. The van der Waals surface area contributed by atoms with Crippen LogP contribution in [0, 0.1) is 5.92 Å². The van der Waals surface area contributed by atoms with Gasteiger partial charge < -0.3 is 41.0 Å². The molecule has 238 valence electrons. The molecule has 1 aliphatic heterocycles. The van der Waals surface area contributed by atoms with Crippen LogP contribution in [0.15, 0.2) is 30.9 Å². The standard InChI is InChI=1S/C30H42N8O6/c1-29(2,12-39)17-5-6-19-20(10-17)36-22(35-19)7-4-16-8-18(9-16)38(30(3,43)13-40)11-21-24(41)25(42)28(44-21)37-15-34-23-26(31)32-14-33-27(23)37/h5-6,10,14-16,18,21,24-25,28,39-43H,4,7-9,11-13H2,1-3H3,(H,35,36)(H2,31,32,33)/t16?,18?,21-,24-,25-,28-,30?/m1/s1. The van der Waals surface area contributed by atoms with Gasteiger partial charge in [-0.05, 0) is 49.8 Å². The fourth-order valence-corrected chi connectivity index (χ4v) is 6.41. The zero-order valence-corrected chi connectivity index (χ0v) is 25.2. The Morgan fingerprint density at radius 1 is 1.09 bits per heavy atom. The summed E-state index contributed by atoms with van der Waals surface area (Å²) in [6.45, 7) is 5.20. The number of rotatable bonds is 11. The number of nitrogens with two attached hydrogens (primary N) is 1. The molecule has 0 bridgehead atoms. The van der Waals surface area contributed by atoms with E-state index in [1.807, 2.05) is 26.0 Å². The summed E-state index contributed by atoms with van der Waals surface area (Å²) in [5, 5.41) is 52.7. The molecule has 1 saturated heterocycles. The number of aliphatic hydroxyl groups is 5. The van der Waals surface area contributed by atoms with Crippen LogP contribution < -0.4 is 5.73 Å². The summed E-state index contributed by atoms with van der Waals surface area (Å²) in [4.78, 5) is 22.3. The highest BCUT2D eigenvalue weighted by molar-refractivity contribution is 5.81. The molecule has 44 heavy (non-hydrogen) atoms. The number of aromatic amines is 1. The van der Waals surface area contributed by atoms with Crippen LogP contribution in [0.25, 0.3) is 22.2 Å². The van der Waals surface area contributed by atoms with Gasteiger partial charge in [0.2, 0.25) is 0 Å². The van der Waals surface area contributed by atoms with Crippen LogP contribution in [0.5, 0.6) is 0 Å². The van der Waals surface area contributed by atoms with Crippen LogP contribution in [0.3, 0.4) is 0 Å². The summed E-state index contributed by atoms with van der Waals surface area (Å²) in [6.07, 6.45) is 1.65. The Morgan fingerprint density at radius 3 is 2.59 bits per heavy atom. The second-order valence-electron chi connectivity index (χ2n) is 13.1. The molecule has 0 radical (unpaired) electrons. The first-order valence-corrected chi connectivity index (χ1v) is 15.1. The average molecular weight is 611 g/mol. The zero-order chi connectivity index (χ0) is 31.4. The third kappa shape index (κ3) is 5.55. The molecular formula is C30H42N8O6. The number of H-pyrrole nitrogens is 1. The van der Waals surface area contributed by atoms with Gasteiger partial charge in [0.15, 0.2) is 17.7 Å². The SMILES string of the molecule is CC(C)(CO)c1ccc2nc(CCC3CC(N(C[C@H]4O[C@@H](n5cnc6c(N)ncnc65)[C@H](O)[C@@H]4O)C(C)(O)CO)C3)[nH]c2c1. The Kier molecular flexibility index (Phi) is 8.11. The fraction of sp³-hybridized carbons (Fsp3) is 0.600. The number of nitrogens with one attached hydrogen (secondary N) is 1. The number of hydrogen-bond donors (Lipinski definition) is 7. The highest BCUT2D eigenvalue weighted by Gasteiger charge is 2.49. The number of aliphatic hydroxyl groups excluding tert-OH is 4. The van der Waals surface area contributed by atoms with E-state index in [0.717, 1.165) is 48.1 Å². The first kappa shape index (κ1) is 30.8. The normalized spacial score (nSPS) is 27.3. The topological polar surface area (TPSA) is 212 Å². The van der Waals surface area contributed by atoms with Crippen LogP contribution in [0.1, 0.15) is 57.6 Å². The first-order valence-electron chi connectivity index (χ1n) is 15.1. The number of hydrogen-bond acceptors (Lipinski definition) is 12. The maximum atomic E-state index is 11.1. The van der Waals surface area contributed by atoms with E-state index < -0.39 is 36.9 Å². The van der Waals surface area contributed by atoms with Crippen molar-refractivity contribution < 1.29 is 30.3 Å². The number of benzene rings is 1. The highest BCUT2D eigenvalue weighted by atomic mass is 16.6. The van der Waals surface area contributed by atoms with Gasteiger partial charge >= 0.3 is 0 Å². The predicted molar refractivity (Wildman–Crippen MR) is 161 cm³/mol. The maximum Gasteiger partial charge on any atom is 0.167 e. The van der Waals surface area contributed by atoms with Gasteiger partial charge in [0.1, 0.15) is 41.7 Å². The Morgan fingerprint density at radius 2 is 1.86 bits per heavy atom. The lowest BCUT2D eigenvalue weighted by atomic mass is 9.75. The monoisotopic (exact) mass is 610 g/mol. The maximum absolute atomic E-state index is 11.1. The molecule has 3 aromatic heterocycles. The van der Waals surface area contributed by atoms with Crippen molar-refractivity contribution >= 4 is 28.0 Å². The summed E-state index contributed by atoms with van der Waals surface area (Å²) in [5.41, 5.74) is 7.64. The molecule has 1 aliphatic carbocycles. The van der Waals surface area contributed by atoms with Crippen molar-refractivity contribution in [3.05, 3.63) is 42.2 Å². The third-order valence-corrected chi connectivity index (χ3v) is 9.44. The summed E-state index contributed by atoms with van der Waals surface area (Å²) in [5.74, 6) is 1.49. The fourth-order valence-electron chi connectivity index (χ4n) is 6.41. The Labute approximate surface area is 254 Å². The molecule has 14 nitrogen and oxygen atoms in total. The number of ether oxygens (including phenoxy) is 1. The van der Waals surface area contributed by atoms with Crippen LogP contribution in [-0.2, 0) is 16.6 Å². The lowest BCUT2D eigenvalue weighted by Crippen LogP contribution is -2.60. The number of nitrogens with zero attached hydrogens (tertiary/aromatic N) is 6. The van der Waals surface area contributed by atoms with Crippen LogP contribution >= 0.6 is 0 Å². The first-order chi connectivity index (χ1) is 20.9. The van der Waals surface area contributed by atoms with E-state index in [9.17, 15) is 25.5 Å². The van der Waals surface area contributed by atoms with Gasteiger partial charge in [-0.15, -0.1) is 0 Å². The molecular weight excluding hydrogens is 568 g/mol. The molecule has 1 aromatic carbocycles. The van der Waals surface area contributed by atoms with Crippen molar-refractivity contribution in [3.63, 3.8) is 0 Å². The van der Waals surface area contributed by atoms with Gasteiger partial charge in [0.25, 0.3) is 0 Å². The van der Waals surface area contributed by atoms with E-state index in [-0.39, 0.29) is 30.4 Å². The molecule has 0 spiro atoms. The van der Waals surface area contributed by atoms with Crippen molar-refractivity contribution in [2.24, 2.45) is 5.92 Å². The van der Waals surface area contributed by atoms with Crippen LogP contribution in [0.2, 0.25) is 0 Å². The number of anilines is 1. The Bertz CT molecular complexity index is 1620. The van der Waals surface area contributed by atoms with Crippen molar-refractivity contribution in [3.8, 4) is 0 Å². The van der Waals surface area contributed by atoms with E-state index in [1.54, 1.807) is 11.8 Å². The van der Waals surface area contributed by atoms with Crippen molar-refractivity contribution in [2.45, 2.75) is 88.2 Å². The average Bonchev–Trinajstić information content (AvgIpc) is 3.67. The highest BCUT2D eigenvalue weighted by Crippen LogP contribution is 2.40. The quantitative estimate of drug-likeness (QED) is 0.116. The lowest BCUT2D eigenvalue weighted by Gasteiger charge is -2.49. The summed E-state index contributed by atoms with van der Waals surface area (Å²) in [6, 6.07) is 6.00. The lowest BCUT2D eigenvalue weighted by molar-refractivity contribution is -0.179. The predicted octanol–water partition coefficient (Wildman–Crippen LogP) is 0.588. The molecule has 4 aromatic rings. The second-order valence-corrected chi connectivity index (χ2v) is 13.1. The number of nitrogen functional groups attached to an aromatic ring is 1. The summed E-state index contributed by atoms with van der Waals surface area (Å²) >= 11 is 0. The van der Waals surface area contributed by atoms with Gasteiger partial charge in [-0.1, -0.05) is 19.9 Å². The molecule has 2 aliphatic rings. The summed E-state index contributed by atoms with van der Waals surface area (Å²) < 4.78 is 7.64. The minimum atomic E-state index is -1.55. The van der Waals surface area contributed by atoms with Crippen molar-refractivity contribution in [2.75, 3.05) is 25.5 Å². The van der Waals surface area contributed by atoms with Gasteiger partial charge in [-0.3, -0.25) is 9.47 Å². The molecule has 4 heterocycles. The smallest absolute Gasteiger partial charge is 0.167 e. The van der Waals surface area contributed by atoms with E-state index in [1.165, 1.54) is 17.2 Å². The summed E-state index contributed by atoms with van der Waals surface area (Å²) in [7, 11) is 0. The van der Waals surface area contributed by atoms with Crippen molar-refractivity contribution in [1.29, 1.82) is 0 Å². The second kappa shape index (κ2) is 11.6. The molecule has 5 atom stereocenters. The number of fused-ring (bicyclic) bond motifs is 2. The Balaban J connectivity index is 1.09. The number of imidazole rings is 2. The number of aryl methyl sites for hydroxylation is 1. The van der Waals surface area contributed by atoms with Gasteiger partial charge in [-0.2, -0.15) is 0 Å². The van der Waals surface area contributed by atoms with Gasteiger partial charge in [0.05, 0.1) is 30.6 Å². The number of aromatic nitrogens is 6. The minimum Gasteiger partial charge on any atom is -0.395 e. The molecule has 2 fully saturated rings. The minimum absolute atomic E-state index is 0.0466. The molecule has 6 rings (SSSR count). The molecule has 8 N–H and O–H groups in total. The van der Waals surface area contributed by atoms with Crippen LogP contribution in [0.4, 0.5) is 5.82 Å². The van der Waals surface area contributed by atoms with E-state index in [2.05, 4.69) is 26.0 Å². The van der Waals surface area contributed by atoms with E-state index in [0.29, 0.717) is 17.1 Å². The third-order valence-electron chi connectivity index (χ3n) is 9.44. The van der Waals surface area contributed by atoms with Gasteiger partial charge in [-0.25, -0.2) is 19.9 Å². The van der Waals surface area contributed by atoms with Gasteiger partial charge in [0, 0.05) is 24.4 Å².